The summed E-state index contributed by atoms with van der Waals surface area (Å²) in [6.45, 7) is 17.1. The first-order chi connectivity index (χ1) is 19.7. The first-order valence-corrected chi connectivity index (χ1v) is 19.7. The van der Waals surface area contributed by atoms with E-state index in [9.17, 15) is 9.36 Å². The van der Waals surface area contributed by atoms with Crippen molar-refractivity contribution in [2.75, 3.05) is 39.2 Å². The van der Waals surface area contributed by atoms with Crippen LogP contribution in [0.2, 0.25) is 0 Å². The first-order valence-electron chi connectivity index (χ1n) is 16.8. The fraction of sp³-hybridized carbons (Fsp3) is 0.969. The van der Waals surface area contributed by atoms with Crippen molar-refractivity contribution in [2.24, 2.45) is 35.5 Å². The molecule has 0 aromatic carbocycles. The summed E-state index contributed by atoms with van der Waals surface area (Å²) in [5, 5.41) is 0. The van der Waals surface area contributed by atoms with E-state index >= 15 is 0 Å². The standard InChI is InChI=1S/C32H62O7P2/c1-8-36-40(37-9-2)32(33)28-15-16-29(24-41(34,38-10-3)39-11-4)31(23-28)27-17-19-30(20-18-27)35-22-21-26(7)14-12-13-25(5)6/h25-31H,8-24H2,1-7H3. The molecule has 0 saturated heterocycles. The third kappa shape index (κ3) is 13.3. The molecule has 0 amide bonds. The minimum Gasteiger partial charge on any atom is -0.378 e. The number of carbonyl (C=O) groups excluding carboxylic acids is 1. The highest BCUT2D eigenvalue weighted by molar-refractivity contribution is 7.66. The van der Waals surface area contributed by atoms with Gasteiger partial charge in [0.05, 0.1) is 38.7 Å². The Morgan fingerprint density at radius 2 is 1.46 bits per heavy atom. The van der Waals surface area contributed by atoms with Gasteiger partial charge in [-0.15, -0.1) is 0 Å². The van der Waals surface area contributed by atoms with E-state index in [0.717, 1.165) is 63.9 Å². The molecule has 0 N–H and O–H groups in total. The molecule has 2 aliphatic rings. The van der Waals surface area contributed by atoms with Gasteiger partial charge in [0.15, 0.2) is 0 Å². The maximum Gasteiger partial charge on any atom is 0.330 e. The van der Waals surface area contributed by atoms with E-state index in [4.69, 9.17) is 22.8 Å². The van der Waals surface area contributed by atoms with E-state index in [2.05, 4.69) is 20.8 Å². The molecule has 0 aromatic rings. The zero-order valence-corrected chi connectivity index (χ0v) is 29.1. The normalized spacial score (nSPS) is 26.5. The lowest BCUT2D eigenvalue weighted by atomic mass is 9.65. The van der Waals surface area contributed by atoms with Gasteiger partial charge in [-0.25, -0.2) is 0 Å². The average molecular weight is 621 g/mol. The van der Waals surface area contributed by atoms with Crippen LogP contribution in [0.5, 0.6) is 0 Å². The molecule has 2 aliphatic carbocycles. The molecule has 2 rings (SSSR count). The second-order valence-corrected chi connectivity index (χ2v) is 16.2. The molecule has 9 heteroatoms. The third-order valence-electron chi connectivity index (χ3n) is 8.95. The molecular weight excluding hydrogens is 558 g/mol. The second kappa shape index (κ2) is 20.2. The molecule has 0 aliphatic heterocycles. The van der Waals surface area contributed by atoms with Crippen molar-refractivity contribution in [3.8, 4) is 0 Å². The summed E-state index contributed by atoms with van der Waals surface area (Å²) in [6, 6.07) is 0. The average Bonchev–Trinajstić information content (AvgIpc) is 2.93. The van der Waals surface area contributed by atoms with Crippen LogP contribution in [0.4, 0.5) is 0 Å². The minimum atomic E-state index is -3.17. The maximum absolute atomic E-state index is 13.6. The molecule has 2 fully saturated rings. The lowest BCUT2D eigenvalue weighted by Crippen LogP contribution is -2.37. The monoisotopic (exact) mass is 620 g/mol. The number of ether oxygens (including phenoxy) is 1. The second-order valence-electron chi connectivity index (χ2n) is 12.6. The maximum atomic E-state index is 13.6. The Balaban J connectivity index is 2.01. The van der Waals surface area contributed by atoms with Crippen LogP contribution in [0.15, 0.2) is 0 Å². The number of rotatable bonds is 21. The summed E-state index contributed by atoms with van der Waals surface area (Å²) >= 11 is 0. The van der Waals surface area contributed by atoms with Crippen molar-refractivity contribution in [3.05, 3.63) is 0 Å². The van der Waals surface area contributed by atoms with Gasteiger partial charge in [0.25, 0.3) is 0 Å². The topological polar surface area (TPSA) is 80.3 Å². The van der Waals surface area contributed by atoms with Crippen LogP contribution in [-0.4, -0.2) is 50.8 Å². The van der Waals surface area contributed by atoms with E-state index in [0.29, 0.717) is 56.4 Å². The molecule has 2 saturated carbocycles. The number of hydrogen-bond donors (Lipinski definition) is 0. The highest BCUT2D eigenvalue weighted by Crippen LogP contribution is 2.56. The minimum absolute atomic E-state index is 0.0646. The molecule has 0 aromatic heterocycles. The molecule has 0 bridgehead atoms. The summed E-state index contributed by atoms with van der Waals surface area (Å²) in [5.74, 6) is 2.47. The van der Waals surface area contributed by atoms with Gasteiger partial charge in [-0.05, 0) is 109 Å². The van der Waals surface area contributed by atoms with E-state index in [1.807, 2.05) is 27.7 Å². The van der Waals surface area contributed by atoms with Crippen LogP contribution in [0, 0.1) is 35.5 Å². The van der Waals surface area contributed by atoms with Gasteiger partial charge in [0.2, 0.25) is 13.9 Å². The van der Waals surface area contributed by atoms with E-state index < -0.39 is 16.0 Å². The van der Waals surface area contributed by atoms with Crippen LogP contribution >= 0.6 is 16.0 Å². The van der Waals surface area contributed by atoms with Gasteiger partial charge < -0.3 is 22.8 Å². The highest BCUT2D eigenvalue weighted by Gasteiger charge is 2.44. The SMILES string of the molecule is CCOP(OCC)C(=O)C1CCC(CP(=O)(OCC)OCC)C(C2CCC(OCCC(C)CCCC(C)C)CC2)C1. The smallest absolute Gasteiger partial charge is 0.330 e. The third-order valence-corrected chi connectivity index (χ3v) is 12.9. The Morgan fingerprint density at radius 3 is 2.02 bits per heavy atom. The van der Waals surface area contributed by atoms with E-state index in [-0.39, 0.29) is 17.4 Å². The van der Waals surface area contributed by atoms with Gasteiger partial charge >= 0.3 is 7.60 Å². The Morgan fingerprint density at radius 1 is 0.829 bits per heavy atom. The molecule has 242 valence electrons. The fourth-order valence-corrected chi connectivity index (χ4v) is 10.2. The summed E-state index contributed by atoms with van der Waals surface area (Å²) in [6.07, 6.45) is 12.6. The van der Waals surface area contributed by atoms with Crippen molar-refractivity contribution in [1.82, 2.24) is 0 Å². The van der Waals surface area contributed by atoms with Gasteiger partial charge in [0, 0.05) is 12.5 Å². The molecule has 0 radical (unpaired) electrons. The van der Waals surface area contributed by atoms with Crippen LogP contribution in [-0.2, 0) is 32.2 Å². The van der Waals surface area contributed by atoms with Gasteiger partial charge in [-0.3, -0.25) is 9.36 Å². The molecule has 4 unspecified atom stereocenters. The molecule has 0 heterocycles. The number of hydrogen-bond acceptors (Lipinski definition) is 7. The first kappa shape index (κ1) is 37.3. The lowest BCUT2D eigenvalue weighted by Gasteiger charge is -2.43. The lowest BCUT2D eigenvalue weighted by molar-refractivity contribution is -0.118. The van der Waals surface area contributed by atoms with Gasteiger partial charge in [-0.2, -0.15) is 0 Å². The van der Waals surface area contributed by atoms with Crippen molar-refractivity contribution in [2.45, 2.75) is 125 Å². The zero-order chi connectivity index (χ0) is 30.3. The Labute approximate surface area is 253 Å². The summed E-state index contributed by atoms with van der Waals surface area (Å²) in [7, 11) is -4.69. The number of carbonyl (C=O) groups is 1. The van der Waals surface area contributed by atoms with Crippen LogP contribution in [0.25, 0.3) is 0 Å². The Bertz CT molecular complexity index is 740. The molecule has 0 spiro atoms. The highest BCUT2D eigenvalue weighted by atomic mass is 31.2. The Hall–Kier alpha value is 0.130. The van der Waals surface area contributed by atoms with Gasteiger partial charge in [0.1, 0.15) is 0 Å². The summed E-state index contributed by atoms with van der Waals surface area (Å²) in [4.78, 5) is 13.5. The largest absolute Gasteiger partial charge is 0.378 e. The summed E-state index contributed by atoms with van der Waals surface area (Å²) in [5.41, 5.74) is 0.129. The van der Waals surface area contributed by atoms with Crippen LogP contribution in [0.3, 0.4) is 0 Å². The quantitative estimate of drug-likeness (QED) is 0.118. The molecule has 7 nitrogen and oxygen atoms in total. The van der Waals surface area contributed by atoms with Crippen molar-refractivity contribution >= 4 is 21.5 Å². The van der Waals surface area contributed by atoms with Crippen LogP contribution < -0.4 is 0 Å². The molecular formula is C32H62O7P2. The fourth-order valence-electron chi connectivity index (χ4n) is 6.81. The van der Waals surface area contributed by atoms with E-state index in [1.165, 1.54) is 19.3 Å². The van der Waals surface area contributed by atoms with Crippen molar-refractivity contribution in [3.63, 3.8) is 0 Å². The predicted molar refractivity (Wildman–Crippen MR) is 169 cm³/mol. The van der Waals surface area contributed by atoms with Crippen molar-refractivity contribution < 1.29 is 32.2 Å². The Kier molecular flexibility index (Phi) is 18.4. The molecule has 41 heavy (non-hydrogen) atoms. The molecule has 4 atom stereocenters. The predicted octanol–water partition coefficient (Wildman–Crippen LogP) is 9.62. The summed E-state index contributed by atoms with van der Waals surface area (Å²) < 4.78 is 42.8. The van der Waals surface area contributed by atoms with E-state index in [1.54, 1.807) is 0 Å². The zero-order valence-electron chi connectivity index (χ0n) is 27.3. The van der Waals surface area contributed by atoms with Gasteiger partial charge in [-0.1, -0.05) is 40.0 Å². The van der Waals surface area contributed by atoms with Crippen LogP contribution in [0.1, 0.15) is 119 Å². The van der Waals surface area contributed by atoms with Crippen molar-refractivity contribution in [1.29, 1.82) is 0 Å².